The van der Waals surface area contributed by atoms with Crippen molar-refractivity contribution in [3.63, 3.8) is 0 Å². The predicted octanol–water partition coefficient (Wildman–Crippen LogP) is 4.65. The van der Waals surface area contributed by atoms with Gasteiger partial charge >= 0.3 is 0 Å². The van der Waals surface area contributed by atoms with E-state index < -0.39 is 28.4 Å². The molecule has 2 atom stereocenters. The topological polar surface area (TPSA) is 62.5 Å². The van der Waals surface area contributed by atoms with E-state index >= 15 is 0 Å². The minimum Gasteiger partial charge on any atom is -0.464 e. The van der Waals surface area contributed by atoms with Gasteiger partial charge in [-0.2, -0.15) is 0 Å². The Balaban J connectivity index is 2.01. The molecule has 0 saturated carbocycles. The maximum absolute atomic E-state index is 13.7. The van der Waals surface area contributed by atoms with Gasteiger partial charge in [-0.05, 0) is 61.7 Å². The van der Waals surface area contributed by atoms with Crippen molar-refractivity contribution in [2.24, 2.45) is 0 Å². The number of aliphatic hydroxyl groups excluding tert-OH is 1. The molecule has 0 aliphatic heterocycles. The molecule has 3 aromatic rings. The van der Waals surface area contributed by atoms with Gasteiger partial charge < -0.3 is 9.52 Å². The van der Waals surface area contributed by atoms with Gasteiger partial charge in [0.25, 0.3) is 0 Å². The molecule has 1 aromatic heterocycles. The van der Waals surface area contributed by atoms with E-state index in [0.717, 1.165) is 22.1 Å². The zero-order valence-electron chi connectivity index (χ0n) is 15.7. The molecule has 0 saturated heterocycles. The fraction of sp³-hybridized carbons (Fsp3) is 0.333. The number of halogens is 1. The first-order valence-electron chi connectivity index (χ1n) is 8.79. The summed E-state index contributed by atoms with van der Waals surface area (Å²) in [6.45, 7) is 4.78. The van der Waals surface area contributed by atoms with Gasteiger partial charge in [-0.3, -0.25) is 0 Å². The first-order valence-corrected chi connectivity index (χ1v) is 9.94. The second-order valence-corrected chi connectivity index (χ2v) is 9.47. The van der Waals surface area contributed by atoms with Crippen molar-refractivity contribution in [2.45, 2.75) is 38.2 Å². The van der Waals surface area contributed by atoms with Crippen LogP contribution in [0.2, 0.25) is 0 Å². The van der Waals surface area contributed by atoms with Crippen molar-refractivity contribution in [1.29, 1.82) is 0 Å². The Bertz CT molecular complexity index is 961. The van der Waals surface area contributed by atoms with Crippen molar-refractivity contribution >= 4 is 22.0 Å². The number of benzene rings is 2. The zero-order chi connectivity index (χ0) is 19.6. The van der Waals surface area contributed by atoms with Crippen LogP contribution in [0.3, 0.4) is 0 Å². The molecular weight excluding hydrogens is 365 g/mol. The summed E-state index contributed by atoms with van der Waals surface area (Å²) >= 11 is 0. The van der Waals surface area contributed by atoms with Crippen molar-refractivity contribution in [3.05, 3.63) is 59.9 Å². The van der Waals surface area contributed by atoms with Crippen LogP contribution in [0.1, 0.15) is 37.9 Å². The average molecular weight is 389 g/mol. The van der Waals surface area contributed by atoms with E-state index in [1.54, 1.807) is 6.26 Å². The molecule has 1 heterocycles. The van der Waals surface area contributed by atoms with Crippen LogP contribution in [0.25, 0.3) is 22.1 Å². The maximum atomic E-state index is 13.7. The quantitative estimate of drug-likeness (QED) is 0.645. The molecule has 1 unspecified atom stereocenters. The molecule has 0 amide bonds. The van der Waals surface area contributed by atoms with Gasteiger partial charge in [-0.1, -0.05) is 18.2 Å². The highest BCUT2D eigenvalue weighted by atomic mass is 32.2. The Morgan fingerprint density at radius 2 is 2.00 bits per heavy atom. The number of hydrogen-bond donors (Lipinski definition) is 2. The summed E-state index contributed by atoms with van der Waals surface area (Å²) in [5, 5.41) is 10.4. The molecular formula is C21H24FNO3S. The number of rotatable bonds is 6. The lowest BCUT2D eigenvalue weighted by Gasteiger charge is -2.23. The molecule has 2 N–H and O–H groups in total. The van der Waals surface area contributed by atoms with E-state index in [-0.39, 0.29) is 6.61 Å². The number of nitrogens with one attached hydrogen (secondary N) is 1. The fourth-order valence-corrected chi connectivity index (χ4v) is 3.68. The van der Waals surface area contributed by atoms with Crippen LogP contribution >= 0.6 is 0 Å². The van der Waals surface area contributed by atoms with E-state index in [4.69, 9.17) is 4.42 Å². The highest BCUT2D eigenvalue weighted by molar-refractivity contribution is 7.84. The number of alkyl halides is 1. The Morgan fingerprint density at radius 3 is 2.67 bits per heavy atom. The smallest absolute Gasteiger partial charge is 0.141 e. The molecule has 0 aliphatic rings. The number of hydrogen-bond acceptors (Lipinski definition) is 3. The molecule has 0 aliphatic carbocycles. The third kappa shape index (κ3) is 4.29. The lowest BCUT2D eigenvalue weighted by molar-refractivity contribution is 0.282. The van der Waals surface area contributed by atoms with Gasteiger partial charge in [-0.15, -0.1) is 0 Å². The normalized spacial score (nSPS) is 14.4. The van der Waals surface area contributed by atoms with Crippen LogP contribution in [-0.4, -0.2) is 20.7 Å². The summed E-state index contributed by atoms with van der Waals surface area (Å²) in [6.07, 6.45) is 1.61. The Morgan fingerprint density at radius 1 is 1.22 bits per heavy atom. The van der Waals surface area contributed by atoms with Crippen LogP contribution < -0.4 is 4.72 Å². The Labute approximate surface area is 161 Å². The zero-order valence-corrected chi connectivity index (χ0v) is 16.5. The summed E-state index contributed by atoms with van der Waals surface area (Å²) in [6, 6.07) is 12.4. The van der Waals surface area contributed by atoms with Crippen LogP contribution in [0.4, 0.5) is 4.39 Å². The van der Waals surface area contributed by atoms with E-state index in [9.17, 15) is 13.7 Å². The summed E-state index contributed by atoms with van der Waals surface area (Å²) in [7, 11) is -1.38. The monoisotopic (exact) mass is 389 g/mol. The number of furan rings is 1. The summed E-state index contributed by atoms with van der Waals surface area (Å²) in [5.41, 5.74) is 3.88. The van der Waals surface area contributed by atoms with Crippen molar-refractivity contribution in [2.75, 3.05) is 6.67 Å². The highest BCUT2D eigenvalue weighted by Crippen LogP contribution is 2.32. The van der Waals surface area contributed by atoms with Crippen molar-refractivity contribution < 1.29 is 18.1 Å². The molecule has 3 rings (SSSR count). The summed E-state index contributed by atoms with van der Waals surface area (Å²) < 4.78 is 34.1. The number of aliphatic hydroxyl groups is 1. The summed E-state index contributed by atoms with van der Waals surface area (Å²) in [4.78, 5) is 0. The summed E-state index contributed by atoms with van der Waals surface area (Å²) in [5.74, 6) is 0. The van der Waals surface area contributed by atoms with E-state index in [2.05, 4.69) is 4.72 Å². The van der Waals surface area contributed by atoms with E-state index in [1.807, 2.05) is 63.2 Å². The molecule has 0 radical (unpaired) electrons. The third-order valence-corrected chi connectivity index (χ3v) is 5.96. The van der Waals surface area contributed by atoms with Crippen LogP contribution in [0, 0.1) is 0 Å². The molecule has 0 fully saturated rings. The van der Waals surface area contributed by atoms with Gasteiger partial charge in [-0.25, -0.2) is 13.3 Å². The minimum atomic E-state index is -1.38. The maximum Gasteiger partial charge on any atom is 0.141 e. The molecule has 0 spiro atoms. The highest BCUT2D eigenvalue weighted by Gasteiger charge is 2.24. The van der Waals surface area contributed by atoms with Gasteiger partial charge in [0.05, 0.1) is 34.6 Å². The molecule has 6 heteroatoms. The minimum absolute atomic E-state index is 0.0764. The van der Waals surface area contributed by atoms with Gasteiger partial charge in [0.1, 0.15) is 12.3 Å². The van der Waals surface area contributed by atoms with Crippen LogP contribution in [0.5, 0.6) is 0 Å². The van der Waals surface area contributed by atoms with Crippen molar-refractivity contribution in [3.8, 4) is 11.1 Å². The molecule has 27 heavy (non-hydrogen) atoms. The van der Waals surface area contributed by atoms with Crippen molar-refractivity contribution in [1.82, 2.24) is 4.72 Å². The van der Waals surface area contributed by atoms with E-state index in [0.29, 0.717) is 11.1 Å². The molecule has 144 valence electrons. The van der Waals surface area contributed by atoms with E-state index in [1.165, 1.54) is 0 Å². The molecule has 2 aromatic carbocycles. The second kappa shape index (κ2) is 7.92. The Kier molecular flexibility index (Phi) is 5.79. The third-order valence-electron chi connectivity index (χ3n) is 4.35. The lowest BCUT2D eigenvalue weighted by atomic mass is 9.97. The number of fused-ring (bicyclic) bond motifs is 1. The SMILES string of the molecule is CC(C)(C)[S@@](=O)NC(CF)c1cccc(-c2cc(CO)cc3ccoc23)c1. The Hall–Kier alpha value is -2.02. The second-order valence-electron chi connectivity index (χ2n) is 7.47. The molecule has 4 nitrogen and oxygen atoms in total. The largest absolute Gasteiger partial charge is 0.464 e. The molecule has 0 bridgehead atoms. The van der Waals surface area contributed by atoms with Gasteiger partial charge in [0.2, 0.25) is 0 Å². The predicted molar refractivity (Wildman–Crippen MR) is 107 cm³/mol. The fourth-order valence-electron chi connectivity index (χ4n) is 2.87. The average Bonchev–Trinajstić information content (AvgIpc) is 3.12. The van der Waals surface area contributed by atoms with Crippen LogP contribution in [-0.2, 0) is 17.6 Å². The van der Waals surface area contributed by atoms with Gasteiger partial charge in [0.15, 0.2) is 0 Å². The van der Waals surface area contributed by atoms with Gasteiger partial charge in [0, 0.05) is 10.9 Å². The first-order chi connectivity index (χ1) is 12.8. The lowest BCUT2D eigenvalue weighted by Crippen LogP contribution is -2.36. The van der Waals surface area contributed by atoms with Crippen LogP contribution in [0.15, 0.2) is 53.1 Å². The standard InChI is InChI=1S/C21H24FNO3S/c1-21(2,3)27(25)23-19(12-22)16-6-4-5-15(11-16)18-10-14(13-24)9-17-7-8-26-20(17)18/h4-11,19,23-24H,12-13H2,1-3H3/t19?,27-/m1/s1. The first kappa shape index (κ1) is 19.7.